The van der Waals surface area contributed by atoms with Crippen LogP contribution in [-0.2, 0) is 9.59 Å². The van der Waals surface area contributed by atoms with Gasteiger partial charge in [0.05, 0.1) is 6.42 Å². The minimum atomic E-state index is -0.0389. The summed E-state index contributed by atoms with van der Waals surface area (Å²) in [6, 6.07) is 0. The van der Waals surface area contributed by atoms with E-state index in [1.807, 2.05) is 27.7 Å². The predicted molar refractivity (Wildman–Crippen MR) is 53.5 cm³/mol. The SMILES string of the molecule is CCC(=O)CC(=O)C(C)C(C)(C)C.[Gd]. The molecule has 0 N–H and O–H groups in total. The fourth-order valence-electron chi connectivity index (χ4n) is 0.955. The predicted octanol–water partition coefficient (Wildman–Crippen LogP) is 2.61. The normalized spacial score (nSPS) is 12.9. The molecule has 0 saturated heterocycles. The molecule has 2 nitrogen and oxygen atoms in total. The van der Waals surface area contributed by atoms with Gasteiger partial charge in [-0.15, -0.1) is 0 Å². The minimum Gasteiger partial charge on any atom is -0.299 e. The van der Waals surface area contributed by atoms with Crippen LogP contribution in [0.5, 0.6) is 0 Å². The molecular formula is C11H20GdO2. The quantitative estimate of drug-likeness (QED) is 0.737. The van der Waals surface area contributed by atoms with Crippen molar-refractivity contribution in [2.45, 2.75) is 47.5 Å². The molecule has 14 heavy (non-hydrogen) atoms. The monoisotopic (exact) mass is 342 g/mol. The van der Waals surface area contributed by atoms with Gasteiger partial charge >= 0.3 is 0 Å². The van der Waals surface area contributed by atoms with Crippen LogP contribution in [0.1, 0.15) is 47.5 Å². The molecule has 1 atom stereocenters. The molecule has 0 aliphatic heterocycles. The molecule has 0 bridgehead atoms. The summed E-state index contributed by atoms with van der Waals surface area (Å²) in [4.78, 5) is 22.6. The van der Waals surface area contributed by atoms with E-state index in [4.69, 9.17) is 0 Å². The Kier molecular flexibility index (Phi) is 8.57. The van der Waals surface area contributed by atoms with E-state index in [9.17, 15) is 9.59 Å². The third-order valence-electron chi connectivity index (χ3n) is 2.55. The van der Waals surface area contributed by atoms with Crippen molar-refractivity contribution in [2.24, 2.45) is 11.3 Å². The molecule has 0 amide bonds. The number of carbonyl (C=O) groups is 2. The second-order valence-electron chi connectivity index (χ2n) is 4.62. The van der Waals surface area contributed by atoms with Crippen molar-refractivity contribution in [3.8, 4) is 0 Å². The summed E-state index contributed by atoms with van der Waals surface area (Å²) in [6.07, 6.45) is 0.567. The summed E-state index contributed by atoms with van der Waals surface area (Å²) in [6.45, 7) is 9.74. The molecule has 0 fully saturated rings. The Bertz CT molecular complexity index is 204. The van der Waals surface area contributed by atoms with E-state index in [0.29, 0.717) is 6.42 Å². The van der Waals surface area contributed by atoms with Crippen LogP contribution in [-0.4, -0.2) is 11.6 Å². The van der Waals surface area contributed by atoms with E-state index in [1.165, 1.54) is 0 Å². The van der Waals surface area contributed by atoms with Crippen molar-refractivity contribution in [1.29, 1.82) is 0 Å². The average Bonchev–Trinajstić information content (AvgIpc) is 2.01. The van der Waals surface area contributed by atoms with Crippen LogP contribution in [0.4, 0.5) is 0 Å². The zero-order valence-electron chi connectivity index (χ0n) is 9.66. The Morgan fingerprint density at radius 3 is 1.93 bits per heavy atom. The van der Waals surface area contributed by atoms with Crippen LogP contribution in [0, 0.1) is 51.3 Å². The second-order valence-corrected chi connectivity index (χ2v) is 4.62. The first kappa shape index (κ1) is 17.1. The average molecular weight is 342 g/mol. The fourth-order valence-corrected chi connectivity index (χ4v) is 0.955. The second kappa shape index (κ2) is 7.02. The number of rotatable bonds is 4. The van der Waals surface area contributed by atoms with Gasteiger partial charge in [0.15, 0.2) is 0 Å². The Balaban J connectivity index is 0. The molecule has 0 aromatic carbocycles. The summed E-state index contributed by atoms with van der Waals surface area (Å²) < 4.78 is 0. The molecule has 0 aromatic heterocycles. The molecule has 0 rings (SSSR count). The standard InChI is InChI=1S/C11H20O2.Gd/c1-6-9(12)7-10(13)8(2)11(3,4)5;/h8H,6-7H2,1-5H3;. The summed E-state index contributed by atoms with van der Waals surface area (Å²) in [5.74, 6) is 0.0726. The van der Waals surface area contributed by atoms with Gasteiger partial charge in [-0.25, -0.2) is 0 Å². The molecule has 0 aliphatic carbocycles. The van der Waals surface area contributed by atoms with Crippen LogP contribution >= 0.6 is 0 Å². The van der Waals surface area contributed by atoms with Crippen molar-refractivity contribution in [2.75, 3.05) is 0 Å². The number of Topliss-reactive ketones (excluding diaryl/α,β-unsaturated/α-hetero) is 2. The minimum absolute atomic E-state index is 0. The smallest absolute Gasteiger partial charge is 0.143 e. The number of hydrogen-bond acceptors (Lipinski definition) is 2. The number of ketones is 2. The van der Waals surface area contributed by atoms with Crippen molar-refractivity contribution < 1.29 is 49.5 Å². The third kappa shape index (κ3) is 6.21. The van der Waals surface area contributed by atoms with Crippen molar-refractivity contribution in [3.63, 3.8) is 0 Å². The van der Waals surface area contributed by atoms with Crippen molar-refractivity contribution in [3.05, 3.63) is 0 Å². The molecule has 0 heterocycles. The molecule has 0 saturated carbocycles. The van der Waals surface area contributed by atoms with Gasteiger partial charge in [-0.1, -0.05) is 34.6 Å². The first-order valence-electron chi connectivity index (χ1n) is 4.83. The van der Waals surface area contributed by atoms with Gasteiger partial charge in [0, 0.05) is 52.3 Å². The molecule has 0 aromatic rings. The van der Waals surface area contributed by atoms with E-state index in [2.05, 4.69) is 0 Å². The third-order valence-corrected chi connectivity index (χ3v) is 2.55. The molecule has 0 aliphatic rings. The van der Waals surface area contributed by atoms with Crippen molar-refractivity contribution >= 4 is 11.6 Å². The maximum absolute atomic E-state index is 11.5. The van der Waals surface area contributed by atoms with Gasteiger partial charge in [-0.3, -0.25) is 9.59 Å². The molecule has 1 unspecified atom stereocenters. The summed E-state index contributed by atoms with van der Waals surface area (Å²) in [5, 5.41) is 0. The maximum Gasteiger partial charge on any atom is 0.143 e. The molecule has 0 spiro atoms. The van der Waals surface area contributed by atoms with Crippen LogP contribution in [0.25, 0.3) is 0 Å². The summed E-state index contributed by atoms with van der Waals surface area (Å²) in [7, 11) is 0. The first-order chi connectivity index (χ1) is 5.79. The Morgan fingerprint density at radius 2 is 1.64 bits per heavy atom. The van der Waals surface area contributed by atoms with E-state index in [-0.39, 0.29) is 69.3 Å². The Labute approximate surface area is 119 Å². The number of hydrogen-bond donors (Lipinski definition) is 0. The van der Waals surface area contributed by atoms with Crippen LogP contribution in [0.15, 0.2) is 0 Å². The zero-order chi connectivity index (χ0) is 10.6. The number of carbonyl (C=O) groups excluding carboxylic acids is 2. The zero-order valence-corrected chi connectivity index (χ0v) is 11.9. The van der Waals surface area contributed by atoms with Crippen LogP contribution in [0.2, 0.25) is 0 Å². The van der Waals surface area contributed by atoms with E-state index in [1.54, 1.807) is 6.92 Å². The summed E-state index contributed by atoms with van der Waals surface area (Å²) in [5.41, 5.74) is -0.0366. The van der Waals surface area contributed by atoms with Gasteiger partial charge in [0.25, 0.3) is 0 Å². The molecule has 84 valence electrons. The largest absolute Gasteiger partial charge is 0.299 e. The molecule has 0 radical (unpaired) electrons. The van der Waals surface area contributed by atoms with Crippen LogP contribution in [0.3, 0.4) is 0 Å². The van der Waals surface area contributed by atoms with E-state index < -0.39 is 0 Å². The van der Waals surface area contributed by atoms with Gasteiger partial charge < -0.3 is 0 Å². The Hall–Kier alpha value is 0.665. The molecular weight excluding hydrogens is 321 g/mol. The van der Waals surface area contributed by atoms with Gasteiger partial charge in [-0.2, -0.15) is 0 Å². The fraction of sp³-hybridized carbons (Fsp3) is 0.818. The van der Waals surface area contributed by atoms with E-state index in [0.717, 1.165) is 0 Å². The van der Waals surface area contributed by atoms with E-state index >= 15 is 0 Å². The maximum atomic E-state index is 11.5. The summed E-state index contributed by atoms with van der Waals surface area (Å²) >= 11 is 0. The van der Waals surface area contributed by atoms with Gasteiger partial charge in [0.2, 0.25) is 0 Å². The topological polar surface area (TPSA) is 34.1 Å². The van der Waals surface area contributed by atoms with Crippen LogP contribution < -0.4 is 0 Å². The van der Waals surface area contributed by atoms with Gasteiger partial charge in [0.1, 0.15) is 11.6 Å². The molecule has 3 heteroatoms. The first-order valence-corrected chi connectivity index (χ1v) is 4.83. The van der Waals surface area contributed by atoms with Crippen molar-refractivity contribution in [1.82, 2.24) is 0 Å². The Morgan fingerprint density at radius 1 is 1.21 bits per heavy atom. The van der Waals surface area contributed by atoms with Gasteiger partial charge in [-0.05, 0) is 5.41 Å².